The summed E-state index contributed by atoms with van der Waals surface area (Å²) in [6.07, 6.45) is 5.50. The minimum Gasteiger partial charge on any atom is -0.480 e. The van der Waals surface area contributed by atoms with E-state index >= 15 is 0 Å². The van der Waals surface area contributed by atoms with Gasteiger partial charge in [-0.15, -0.1) is 0 Å². The molecule has 0 atom stereocenters. The third-order valence-electron chi connectivity index (χ3n) is 6.34. The number of aliphatic carboxylic acids is 1. The Balaban J connectivity index is 0.000000470. The minimum absolute atomic E-state index is 0.285. The van der Waals surface area contributed by atoms with Gasteiger partial charge in [-0.05, 0) is 59.2 Å². The van der Waals surface area contributed by atoms with E-state index in [1.165, 1.54) is 16.9 Å². The number of aromatic nitrogens is 2. The largest absolute Gasteiger partial charge is 0.480 e. The van der Waals surface area contributed by atoms with Gasteiger partial charge in [-0.1, -0.05) is 87.9 Å². The minimum atomic E-state index is -1.08. The van der Waals surface area contributed by atoms with Crippen LogP contribution in [0.1, 0.15) is 54.9 Å². The van der Waals surface area contributed by atoms with Crippen LogP contribution in [0.5, 0.6) is 0 Å². The molecule has 0 aliphatic rings. The predicted molar refractivity (Wildman–Crippen MR) is 184 cm³/mol. The van der Waals surface area contributed by atoms with Crippen LogP contribution in [-0.4, -0.2) is 59.3 Å². The molecular weight excluding hydrogens is 572 g/mol. The number of aryl methyl sites for hydroxylation is 1. The van der Waals surface area contributed by atoms with Crippen LogP contribution in [0.3, 0.4) is 0 Å². The molecule has 1 heterocycles. The second-order valence-corrected chi connectivity index (χ2v) is 12.0. The summed E-state index contributed by atoms with van der Waals surface area (Å²) >= 11 is 1.86. The van der Waals surface area contributed by atoms with Crippen LogP contribution in [-0.2, 0) is 21.5 Å². The predicted octanol–water partition coefficient (Wildman–Crippen LogP) is 7.00. The van der Waals surface area contributed by atoms with Crippen molar-refractivity contribution in [1.29, 1.82) is 0 Å². The van der Waals surface area contributed by atoms with E-state index in [1.54, 1.807) is 18.6 Å². The smallest absolute Gasteiger partial charge is 0.322 e. The molecule has 0 radical (unpaired) electrons. The molecule has 9 heteroatoms. The van der Waals surface area contributed by atoms with Crippen LogP contribution in [0, 0.1) is 6.92 Å². The lowest BCUT2D eigenvalue weighted by Gasteiger charge is -2.20. The molecule has 4 rings (SSSR count). The third kappa shape index (κ3) is 13.3. The lowest BCUT2D eigenvalue weighted by molar-refractivity contribution is -0.135. The van der Waals surface area contributed by atoms with Gasteiger partial charge < -0.3 is 25.1 Å². The van der Waals surface area contributed by atoms with Gasteiger partial charge in [0.25, 0.3) is 5.91 Å². The summed E-state index contributed by atoms with van der Waals surface area (Å²) in [6, 6.07) is 23.8. The molecule has 0 aliphatic carbocycles. The number of carbonyl (C=O) groups excluding carboxylic acids is 2. The maximum atomic E-state index is 12.5. The Bertz CT molecular complexity index is 1380. The average molecular weight is 619 g/mol. The Morgan fingerprint density at radius 1 is 1.02 bits per heavy atom. The highest BCUT2D eigenvalue weighted by atomic mass is 32.2. The summed E-state index contributed by atoms with van der Waals surface area (Å²) in [5.74, 6) is -0.264. The molecule has 0 unspecified atom stereocenters. The van der Waals surface area contributed by atoms with Crippen molar-refractivity contribution < 1.29 is 19.5 Å². The Labute approximate surface area is 266 Å². The van der Waals surface area contributed by atoms with E-state index in [-0.39, 0.29) is 5.41 Å². The normalized spacial score (nSPS) is 10.1. The fourth-order valence-corrected chi connectivity index (χ4v) is 3.85. The number of imidazole rings is 1. The molecule has 1 amide bonds. The van der Waals surface area contributed by atoms with Crippen molar-refractivity contribution >= 4 is 36.1 Å². The summed E-state index contributed by atoms with van der Waals surface area (Å²) in [6.45, 7) is 13.2. The molecule has 0 spiro atoms. The van der Waals surface area contributed by atoms with Gasteiger partial charge in [0.15, 0.2) is 0 Å². The number of amides is 1. The van der Waals surface area contributed by atoms with Gasteiger partial charge in [0.1, 0.15) is 13.3 Å². The summed E-state index contributed by atoms with van der Waals surface area (Å²) < 4.78 is 0. The summed E-state index contributed by atoms with van der Waals surface area (Å²) in [7, 11) is 1.95. The molecule has 4 aromatic rings. The standard InChI is InChI=1S/C20H20N4O3.C11H16.C3H8S.CH2O/c1-24(12-15-10-21-13-23-15)16-7-8-17(20(27)22-11-19(25)26)18(9-16)14-5-3-2-4-6-14;1-9-5-7-10(8-6-9)11(2,3)4;1-3-4-2;1-2/h2-10,13H,11-12H2,1H3,(H,21,23)(H,22,27)(H,25,26);5-8H,1-4H3;3H2,1-2H3;1H2. The van der Waals surface area contributed by atoms with Crippen LogP contribution in [0.2, 0.25) is 0 Å². The number of rotatable bonds is 8. The van der Waals surface area contributed by atoms with Gasteiger partial charge in [-0.3, -0.25) is 9.59 Å². The van der Waals surface area contributed by atoms with Crippen LogP contribution >= 0.6 is 11.8 Å². The third-order valence-corrected chi connectivity index (χ3v) is 6.92. The zero-order chi connectivity index (χ0) is 33.1. The molecule has 0 aliphatic heterocycles. The first-order valence-corrected chi connectivity index (χ1v) is 15.6. The van der Waals surface area contributed by atoms with Gasteiger partial charge in [0.05, 0.1) is 18.6 Å². The van der Waals surface area contributed by atoms with Crippen LogP contribution in [0.15, 0.2) is 85.3 Å². The summed E-state index contributed by atoms with van der Waals surface area (Å²) in [5, 5.41) is 11.2. The average Bonchev–Trinajstić information content (AvgIpc) is 3.54. The lowest BCUT2D eigenvalue weighted by atomic mass is 9.87. The zero-order valence-electron chi connectivity index (χ0n) is 26.9. The highest BCUT2D eigenvalue weighted by Gasteiger charge is 2.16. The number of nitrogens with one attached hydrogen (secondary N) is 2. The maximum absolute atomic E-state index is 12.5. The van der Waals surface area contributed by atoms with Crippen molar-refractivity contribution in [3.63, 3.8) is 0 Å². The highest BCUT2D eigenvalue weighted by Crippen LogP contribution is 2.29. The molecule has 8 nitrogen and oxygen atoms in total. The second-order valence-electron chi connectivity index (χ2n) is 10.8. The van der Waals surface area contributed by atoms with E-state index in [1.807, 2.05) is 73.0 Å². The number of hydrogen-bond donors (Lipinski definition) is 3. The molecular formula is C35H46N4O4S. The van der Waals surface area contributed by atoms with Crippen molar-refractivity contribution in [1.82, 2.24) is 15.3 Å². The quantitative estimate of drug-likeness (QED) is 0.195. The molecule has 3 N–H and O–H groups in total. The van der Waals surface area contributed by atoms with Crippen molar-refractivity contribution in [3.8, 4) is 11.1 Å². The number of carbonyl (C=O) groups is 3. The lowest BCUT2D eigenvalue weighted by Crippen LogP contribution is -2.29. The highest BCUT2D eigenvalue weighted by molar-refractivity contribution is 7.98. The molecule has 0 fully saturated rings. The monoisotopic (exact) mass is 618 g/mol. The number of anilines is 1. The van der Waals surface area contributed by atoms with Crippen LogP contribution < -0.4 is 10.2 Å². The van der Waals surface area contributed by atoms with E-state index in [0.717, 1.165) is 22.5 Å². The van der Waals surface area contributed by atoms with E-state index in [4.69, 9.17) is 9.90 Å². The molecule has 0 saturated heterocycles. The Morgan fingerprint density at radius 3 is 2.14 bits per heavy atom. The molecule has 0 saturated carbocycles. The Morgan fingerprint density at radius 2 is 1.64 bits per heavy atom. The Hall–Kier alpha value is -4.37. The number of thioether (sulfide) groups is 1. The summed E-state index contributed by atoms with van der Waals surface area (Å²) in [5.41, 5.74) is 6.98. The molecule has 3 aromatic carbocycles. The number of carboxylic acids is 1. The van der Waals surface area contributed by atoms with Gasteiger partial charge in [-0.2, -0.15) is 11.8 Å². The first-order valence-electron chi connectivity index (χ1n) is 14.2. The topological polar surface area (TPSA) is 115 Å². The number of carboxylic acid groups (broad SMARTS) is 1. The van der Waals surface area contributed by atoms with Gasteiger partial charge in [0, 0.05) is 24.5 Å². The van der Waals surface area contributed by atoms with Crippen molar-refractivity contribution in [2.45, 2.75) is 46.6 Å². The van der Waals surface area contributed by atoms with E-state index in [9.17, 15) is 9.59 Å². The molecule has 1 aromatic heterocycles. The fraction of sp³-hybridized carbons (Fsp3) is 0.314. The first kappa shape index (κ1) is 37.7. The van der Waals surface area contributed by atoms with Crippen LogP contribution in [0.4, 0.5) is 5.69 Å². The SMILES string of the molecule is C=O.CCSC.CN(Cc1cnc[nH]1)c1ccc(C(=O)NCC(=O)O)c(-c2ccccc2)c1.Cc1ccc(C(C)(C)C)cc1. The van der Waals surface area contributed by atoms with E-state index in [0.29, 0.717) is 12.1 Å². The second kappa shape index (κ2) is 19.7. The Kier molecular flexibility index (Phi) is 16.9. The number of H-pyrrole nitrogens is 1. The van der Waals surface area contributed by atoms with Crippen molar-refractivity contribution in [2.75, 3.05) is 30.5 Å². The van der Waals surface area contributed by atoms with Crippen molar-refractivity contribution in [2.24, 2.45) is 0 Å². The maximum Gasteiger partial charge on any atom is 0.322 e. The zero-order valence-corrected chi connectivity index (χ0v) is 27.7. The van der Waals surface area contributed by atoms with Crippen LogP contribution in [0.25, 0.3) is 11.1 Å². The fourth-order valence-electron chi connectivity index (χ4n) is 3.85. The molecule has 44 heavy (non-hydrogen) atoms. The number of nitrogens with zero attached hydrogens (tertiary/aromatic N) is 2. The summed E-state index contributed by atoms with van der Waals surface area (Å²) in [4.78, 5) is 40.4. The van der Waals surface area contributed by atoms with Gasteiger partial charge in [-0.25, -0.2) is 4.98 Å². The van der Waals surface area contributed by atoms with Crippen molar-refractivity contribution in [3.05, 3.63) is 108 Å². The van der Waals surface area contributed by atoms with Gasteiger partial charge in [0.2, 0.25) is 0 Å². The number of aromatic amines is 1. The number of benzene rings is 3. The van der Waals surface area contributed by atoms with E-state index < -0.39 is 18.4 Å². The number of hydrogen-bond acceptors (Lipinski definition) is 6. The van der Waals surface area contributed by atoms with Gasteiger partial charge >= 0.3 is 5.97 Å². The molecule has 0 bridgehead atoms. The molecule has 236 valence electrons. The van der Waals surface area contributed by atoms with E-state index in [2.05, 4.69) is 80.4 Å². The first-order chi connectivity index (χ1) is 21.0.